The number of nitrogens with one attached hydrogen (secondary N) is 1. The van der Waals surface area contributed by atoms with E-state index in [0.29, 0.717) is 29.7 Å². The molecule has 0 radical (unpaired) electrons. The van der Waals surface area contributed by atoms with Gasteiger partial charge in [-0.05, 0) is 42.7 Å². The second-order valence-electron chi connectivity index (χ2n) is 6.56. The molecule has 1 fully saturated rings. The second-order valence-corrected chi connectivity index (χ2v) is 7.00. The van der Waals surface area contributed by atoms with Crippen LogP contribution >= 0.6 is 11.6 Å². The number of aromatic nitrogens is 3. The zero-order chi connectivity index (χ0) is 18.8. The Balaban J connectivity index is 1.40. The summed E-state index contributed by atoms with van der Waals surface area (Å²) in [4.78, 5) is 24.7. The van der Waals surface area contributed by atoms with E-state index in [9.17, 15) is 9.59 Å². The number of benzene rings is 1. The first-order valence-corrected chi connectivity index (χ1v) is 9.24. The second kappa shape index (κ2) is 7.44. The minimum atomic E-state index is -0.171. The molecule has 1 aliphatic rings. The first-order chi connectivity index (χ1) is 13.1. The Hall–Kier alpha value is -2.80. The van der Waals surface area contributed by atoms with Gasteiger partial charge >= 0.3 is 5.69 Å². The molecule has 1 N–H and O–H groups in total. The van der Waals surface area contributed by atoms with Crippen molar-refractivity contribution in [3.8, 4) is 11.6 Å². The van der Waals surface area contributed by atoms with Gasteiger partial charge in [-0.3, -0.25) is 9.36 Å². The SMILES string of the molecule is O=C(Cc1ccc(Cl)cc1)NCCn1nc(-c2ccco2)n(C2CC2)c1=O. The maximum Gasteiger partial charge on any atom is 0.346 e. The van der Waals surface area contributed by atoms with Crippen LogP contribution in [-0.4, -0.2) is 26.8 Å². The fraction of sp³-hybridized carbons (Fsp3) is 0.316. The third-order valence-electron chi connectivity index (χ3n) is 4.45. The Morgan fingerprint density at radius 1 is 1.26 bits per heavy atom. The lowest BCUT2D eigenvalue weighted by Crippen LogP contribution is -2.32. The molecule has 1 amide bonds. The van der Waals surface area contributed by atoms with Crippen molar-refractivity contribution in [1.29, 1.82) is 0 Å². The van der Waals surface area contributed by atoms with Crippen molar-refractivity contribution in [2.45, 2.75) is 31.8 Å². The van der Waals surface area contributed by atoms with Crippen LogP contribution in [0.5, 0.6) is 0 Å². The summed E-state index contributed by atoms with van der Waals surface area (Å²) >= 11 is 5.84. The number of hydrogen-bond acceptors (Lipinski definition) is 4. The monoisotopic (exact) mass is 386 g/mol. The molecule has 0 saturated heterocycles. The van der Waals surface area contributed by atoms with Crippen molar-refractivity contribution in [3.63, 3.8) is 0 Å². The van der Waals surface area contributed by atoms with Gasteiger partial charge in [-0.1, -0.05) is 23.7 Å². The van der Waals surface area contributed by atoms with Crippen LogP contribution in [0.3, 0.4) is 0 Å². The minimum Gasteiger partial charge on any atom is -0.461 e. The van der Waals surface area contributed by atoms with Crippen molar-refractivity contribution in [2.24, 2.45) is 0 Å². The zero-order valence-electron chi connectivity index (χ0n) is 14.6. The van der Waals surface area contributed by atoms with E-state index in [1.165, 1.54) is 4.68 Å². The van der Waals surface area contributed by atoms with Crippen LogP contribution in [0.15, 0.2) is 51.9 Å². The average molecular weight is 387 g/mol. The van der Waals surface area contributed by atoms with Crippen molar-refractivity contribution < 1.29 is 9.21 Å². The van der Waals surface area contributed by atoms with Gasteiger partial charge in [-0.25, -0.2) is 9.48 Å². The summed E-state index contributed by atoms with van der Waals surface area (Å²) in [5, 5.41) is 7.87. The van der Waals surface area contributed by atoms with E-state index >= 15 is 0 Å². The first-order valence-electron chi connectivity index (χ1n) is 8.86. The number of amides is 1. The number of hydrogen-bond donors (Lipinski definition) is 1. The summed E-state index contributed by atoms with van der Waals surface area (Å²) in [5.41, 5.74) is 0.711. The Morgan fingerprint density at radius 2 is 2.04 bits per heavy atom. The molecule has 0 aliphatic heterocycles. The summed E-state index contributed by atoms with van der Waals surface area (Å²) in [6.07, 6.45) is 3.77. The number of carbonyl (C=O) groups is 1. The van der Waals surface area contributed by atoms with Crippen LogP contribution < -0.4 is 11.0 Å². The standard InChI is InChI=1S/C19H19ClN4O3/c20-14-5-3-13(4-6-14)12-17(25)21-9-10-23-19(26)24(15-7-8-15)18(22-23)16-2-1-11-27-16/h1-6,11,15H,7-10,12H2,(H,21,25). The summed E-state index contributed by atoms with van der Waals surface area (Å²) in [7, 11) is 0. The number of furan rings is 1. The summed E-state index contributed by atoms with van der Waals surface area (Å²) in [5.74, 6) is 1.00. The molecule has 4 rings (SSSR count). The van der Waals surface area contributed by atoms with E-state index in [0.717, 1.165) is 18.4 Å². The molecule has 0 unspecified atom stereocenters. The van der Waals surface area contributed by atoms with Crippen LogP contribution in [0, 0.1) is 0 Å². The lowest BCUT2D eigenvalue weighted by molar-refractivity contribution is -0.120. The van der Waals surface area contributed by atoms with Crippen molar-refractivity contribution in [3.05, 3.63) is 63.7 Å². The quantitative estimate of drug-likeness (QED) is 0.676. The van der Waals surface area contributed by atoms with Gasteiger partial charge in [0.1, 0.15) is 0 Å². The molecule has 140 valence electrons. The molecule has 2 aromatic heterocycles. The first kappa shape index (κ1) is 17.6. The van der Waals surface area contributed by atoms with Crippen LogP contribution in [-0.2, 0) is 17.8 Å². The fourth-order valence-electron chi connectivity index (χ4n) is 2.95. The van der Waals surface area contributed by atoms with Gasteiger partial charge in [0, 0.05) is 17.6 Å². The van der Waals surface area contributed by atoms with E-state index in [4.69, 9.17) is 16.0 Å². The summed E-state index contributed by atoms with van der Waals surface area (Å²) in [6.45, 7) is 0.629. The molecule has 7 nitrogen and oxygen atoms in total. The van der Waals surface area contributed by atoms with E-state index in [2.05, 4.69) is 10.4 Å². The Morgan fingerprint density at radius 3 is 2.70 bits per heavy atom. The van der Waals surface area contributed by atoms with Gasteiger partial charge in [0.2, 0.25) is 11.7 Å². The molecule has 1 saturated carbocycles. The molecule has 1 aromatic carbocycles. The van der Waals surface area contributed by atoms with E-state index < -0.39 is 0 Å². The van der Waals surface area contributed by atoms with E-state index in [-0.39, 0.29) is 24.1 Å². The lowest BCUT2D eigenvalue weighted by Gasteiger charge is -2.05. The number of halogens is 1. The highest BCUT2D eigenvalue weighted by atomic mass is 35.5. The smallest absolute Gasteiger partial charge is 0.346 e. The van der Waals surface area contributed by atoms with Gasteiger partial charge in [0.05, 0.1) is 19.2 Å². The fourth-order valence-corrected chi connectivity index (χ4v) is 3.08. The molecule has 8 heteroatoms. The highest BCUT2D eigenvalue weighted by molar-refractivity contribution is 6.30. The molecule has 3 aromatic rings. The van der Waals surface area contributed by atoms with Crippen molar-refractivity contribution in [2.75, 3.05) is 6.54 Å². The maximum absolute atomic E-state index is 12.7. The summed E-state index contributed by atoms with van der Waals surface area (Å²) < 4.78 is 8.49. The van der Waals surface area contributed by atoms with Crippen molar-refractivity contribution in [1.82, 2.24) is 19.7 Å². The Labute approximate surface area is 160 Å². The molecular formula is C19H19ClN4O3. The van der Waals surface area contributed by atoms with Crippen molar-refractivity contribution >= 4 is 17.5 Å². The van der Waals surface area contributed by atoms with Gasteiger partial charge in [0.25, 0.3) is 0 Å². The Bertz CT molecular complexity index is 985. The number of rotatable bonds is 7. The molecule has 0 atom stereocenters. The minimum absolute atomic E-state index is 0.113. The van der Waals surface area contributed by atoms with Crippen LogP contribution in [0.4, 0.5) is 0 Å². The zero-order valence-corrected chi connectivity index (χ0v) is 15.4. The predicted octanol–water partition coefficient (Wildman–Crippen LogP) is 2.65. The number of carbonyl (C=O) groups excluding carboxylic acids is 1. The van der Waals surface area contributed by atoms with Gasteiger partial charge < -0.3 is 9.73 Å². The molecule has 0 bridgehead atoms. The molecule has 1 aliphatic carbocycles. The topological polar surface area (TPSA) is 82.1 Å². The van der Waals surface area contributed by atoms with Gasteiger partial charge in [-0.15, -0.1) is 5.10 Å². The lowest BCUT2D eigenvalue weighted by atomic mass is 10.1. The molecule has 0 spiro atoms. The van der Waals surface area contributed by atoms with E-state index in [1.807, 2.05) is 12.1 Å². The largest absolute Gasteiger partial charge is 0.461 e. The van der Waals surface area contributed by atoms with Gasteiger partial charge in [-0.2, -0.15) is 0 Å². The van der Waals surface area contributed by atoms with E-state index in [1.54, 1.807) is 35.1 Å². The van der Waals surface area contributed by atoms with Crippen LogP contribution in [0.25, 0.3) is 11.6 Å². The van der Waals surface area contributed by atoms with Gasteiger partial charge in [0.15, 0.2) is 5.76 Å². The average Bonchev–Trinajstić information content (AvgIpc) is 3.22. The maximum atomic E-state index is 12.7. The Kier molecular flexibility index (Phi) is 4.85. The number of nitrogens with zero attached hydrogens (tertiary/aromatic N) is 3. The third kappa shape index (κ3) is 3.98. The third-order valence-corrected chi connectivity index (χ3v) is 4.70. The molecule has 2 heterocycles. The molecular weight excluding hydrogens is 368 g/mol. The molecule has 27 heavy (non-hydrogen) atoms. The predicted molar refractivity (Wildman–Crippen MR) is 101 cm³/mol. The normalized spacial score (nSPS) is 13.7. The van der Waals surface area contributed by atoms with Crippen LogP contribution in [0.1, 0.15) is 24.4 Å². The summed E-state index contributed by atoms with van der Waals surface area (Å²) in [6, 6.07) is 10.9. The van der Waals surface area contributed by atoms with Crippen LogP contribution in [0.2, 0.25) is 5.02 Å². The highest BCUT2D eigenvalue weighted by Gasteiger charge is 2.31. The highest BCUT2D eigenvalue weighted by Crippen LogP contribution is 2.36.